The highest BCUT2D eigenvalue weighted by Gasteiger charge is 2.22. The normalized spacial score (nSPS) is 22.2. The molecule has 0 bridgehead atoms. The molecule has 0 spiro atoms. The van der Waals surface area contributed by atoms with Crippen molar-refractivity contribution in [1.29, 1.82) is 0 Å². The van der Waals surface area contributed by atoms with Crippen LogP contribution in [0.25, 0.3) is 0 Å². The monoisotopic (exact) mass is 280 g/mol. The van der Waals surface area contributed by atoms with Gasteiger partial charge in [0.05, 0.1) is 12.0 Å². The largest absolute Gasteiger partial charge is 0.328 e. The van der Waals surface area contributed by atoms with Gasteiger partial charge < -0.3 is 15.1 Å². The molecule has 0 aliphatic carbocycles. The van der Waals surface area contributed by atoms with E-state index in [0.29, 0.717) is 12.2 Å². The zero-order chi connectivity index (χ0) is 14.5. The van der Waals surface area contributed by atoms with Gasteiger partial charge in [-0.15, -0.1) is 0 Å². The summed E-state index contributed by atoms with van der Waals surface area (Å²) in [7, 11) is 2.16. The van der Waals surface area contributed by atoms with Gasteiger partial charge in [0.15, 0.2) is 6.54 Å². The van der Waals surface area contributed by atoms with Crippen LogP contribution in [0.2, 0.25) is 0 Å². The Kier molecular flexibility index (Phi) is 4.65. The molecule has 1 aliphatic rings. The van der Waals surface area contributed by atoms with Crippen LogP contribution in [0.1, 0.15) is 0 Å². The van der Waals surface area contributed by atoms with E-state index in [-0.39, 0.29) is 11.6 Å². The van der Waals surface area contributed by atoms with Crippen LogP contribution in [0.3, 0.4) is 0 Å². The Morgan fingerprint density at radius 3 is 2.40 bits per heavy atom. The third-order valence-electron chi connectivity index (χ3n) is 3.58. The Labute approximate surface area is 117 Å². The number of hydrogen-bond acceptors (Lipinski definition) is 3. The molecule has 1 aromatic carbocycles. The van der Waals surface area contributed by atoms with E-state index in [4.69, 9.17) is 0 Å². The molecule has 1 amide bonds. The molecule has 1 aliphatic heterocycles. The van der Waals surface area contributed by atoms with Gasteiger partial charge in [0, 0.05) is 17.8 Å². The molecule has 1 fully saturated rings. The number of anilines is 1. The number of nitrogens with one attached hydrogen (secondary N) is 3. The van der Waals surface area contributed by atoms with Gasteiger partial charge >= 0.3 is 0 Å². The van der Waals surface area contributed by atoms with Crippen LogP contribution in [0.4, 0.5) is 11.4 Å². The average Bonchev–Trinajstić information content (AvgIpc) is 2.42. The van der Waals surface area contributed by atoms with Gasteiger partial charge in [0.1, 0.15) is 26.2 Å². The average molecular weight is 280 g/mol. The van der Waals surface area contributed by atoms with E-state index in [1.807, 2.05) is 0 Å². The van der Waals surface area contributed by atoms with Crippen LogP contribution in [0.15, 0.2) is 24.3 Å². The van der Waals surface area contributed by atoms with Gasteiger partial charge in [-0.05, 0) is 12.1 Å². The van der Waals surface area contributed by atoms with E-state index >= 15 is 0 Å². The molecule has 7 nitrogen and oxygen atoms in total. The number of nitrogens with zero attached hydrogens (tertiary/aromatic N) is 1. The number of rotatable bonds is 4. The minimum absolute atomic E-state index is 0.0238. The molecule has 20 heavy (non-hydrogen) atoms. The van der Waals surface area contributed by atoms with E-state index in [0.717, 1.165) is 26.2 Å². The van der Waals surface area contributed by atoms with Gasteiger partial charge in [-0.25, -0.2) is 0 Å². The zero-order valence-electron chi connectivity index (χ0n) is 11.5. The molecule has 7 heteroatoms. The number of nitro benzene ring substituents is 1. The summed E-state index contributed by atoms with van der Waals surface area (Å²) in [6.07, 6.45) is 0. The van der Waals surface area contributed by atoms with Crippen LogP contribution < -0.4 is 15.1 Å². The van der Waals surface area contributed by atoms with Gasteiger partial charge in [-0.1, -0.05) is 0 Å². The van der Waals surface area contributed by atoms with Crippen molar-refractivity contribution >= 4 is 17.3 Å². The lowest BCUT2D eigenvalue weighted by Gasteiger charge is -2.26. The third kappa shape index (κ3) is 4.01. The van der Waals surface area contributed by atoms with E-state index in [1.165, 1.54) is 21.9 Å². The summed E-state index contributed by atoms with van der Waals surface area (Å²) in [5.41, 5.74) is 0.621. The fourth-order valence-electron chi connectivity index (χ4n) is 2.31. The van der Waals surface area contributed by atoms with Crippen molar-refractivity contribution in [3.05, 3.63) is 34.4 Å². The van der Waals surface area contributed by atoms with Gasteiger partial charge in [0.25, 0.3) is 11.6 Å². The minimum atomic E-state index is -0.456. The number of nitro groups is 1. The fourth-order valence-corrected chi connectivity index (χ4v) is 2.31. The molecule has 3 N–H and O–H groups in total. The third-order valence-corrected chi connectivity index (χ3v) is 3.58. The van der Waals surface area contributed by atoms with Crippen molar-refractivity contribution in [3.8, 4) is 0 Å². The van der Waals surface area contributed by atoms with Crippen molar-refractivity contribution in [2.75, 3.05) is 45.1 Å². The first-order valence-corrected chi connectivity index (χ1v) is 6.74. The highest BCUT2D eigenvalue weighted by atomic mass is 16.6. The maximum atomic E-state index is 11.9. The Balaban J connectivity index is 1.83. The van der Waals surface area contributed by atoms with Gasteiger partial charge in [-0.3, -0.25) is 14.9 Å². The summed E-state index contributed by atoms with van der Waals surface area (Å²) >= 11 is 0. The molecule has 1 heterocycles. The number of carbonyl (C=O) groups is 1. The predicted molar refractivity (Wildman–Crippen MR) is 73.9 cm³/mol. The molecule has 108 valence electrons. The molecule has 1 aromatic rings. The van der Waals surface area contributed by atoms with Crippen LogP contribution >= 0.6 is 0 Å². The quantitative estimate of drug-likeness (QED) is 0.438. The lowest BCUT2D eigenvalue weighted by molar-refractivity contribution is -0.999. The number of hydrogen-bond donors (Lipinski definition) is 3. The highest BCUT2D eigenvalue weighted by Crippen LogP contribution is 2.14. The first kappa shape index (κ1) is 14.4. The first-order chi connectivity index (χ1) is 9.54. The molecule has 0 atom stereocenters. The molecule has 0 unspecified atom stereocenters. The minimum Gasteiger partial charge on any atom is -0.328 e. The predicted octanol–water partition coefficient (Wildman–Crippen LogP) is -2.05. The Hall–Kier alpha value is -1.99. The van der Waals surface area contributed by atoms with E-state index in [2.05, 4.69) is 12.4 Å². The lowest BCUT2D eigenvalue weighted by atomic mass is 10.3. The molecular weight excluding hydrogens is 260 g/mol. The number of quaternary nitrogens is 2. The smallest absolute Gasteiger partial charge is 0.279 e. The van der Waals surface area contributed by atoms with Gasteiger partial charge in [0.2, 0.25) is 0 Å². The van der Waals surface area contributed by atoms with Crippen LogP contribution in [-0.2, 0) is 4.79 Å². The van der Waals surface area contributed by atoms with Crippen molar-refractivity contribution in [3.63, 3.8) is 0 Å². The summed E-state index contributed by atoms with van der Waals surface area (Å²) < 4.78 is 0. The van der Waals surface area contributed by atoms with Crippen molar-refractivity contribution < 1.29 is 19.5 Å². The van der Waals surface area contributed by atoms with Gasteiger partial charge in [-0.2, -0.15) is 0 Å². The first-order valence-electron chi connectivity index (χ1n) is 6.74. The number of likely N-dealkylation sites (N-methyl/N-ethyl adjacent to an activating group) is 1. The van der Waals surface area contributed by atoms with Crippen molar-refractivity contribution in [1.82, 2.24) is 0 Å². The maximum Gasteiger partial charge on any atom is 0.279 e. The molecule has 0 radical (unpaired) electrons. The zero-order valence-corrected chi connectivity index (χ0v) is 11.5. The maximum absolute atomic E-state index is 11.9. The topological polar surface area (TPSA) is 81.1 Å². The Bertz CT molecular complexity index is 481. The standard InChI is InChI=1S/C13H18N4O3/c1-15-6-8-16(9-7-15)10-13(18)14-11-2-4-12(5-3-11)17(19)20/h2-5H,6-10H2,1H3,(H,14,18)/p+2. The van der Waals surface area contributed by atoms with E-state index in [9.17, 15) is 14.9 Å². The summed E-state index contributed by atoms with van der Waals surface area (Å²) in [6.45, 7) is 4.61. The van der Waals surface area contributed by atoms with Crippen LogP contribution in [0, 0.1) is 10.1 Å². The van der Waals surface area contributed by atoms with Crippen molar-refractivity contribution in [2.45, 2.75) is 0 Å². The summed E-state index contributed by atoms with van der Waals surface area (Å²) in [4.78, 5) is 24.8. The Morgan fingerprint density at radius 1 is 1.25 bits per heavy atom. The number of amides is 1. The molecule has 1 saturated heterocycles. The number of non-ortho nitro benzene ring substituents is 1. The van der Waals surface area contributed by atoms with Crippen molar-refractivity contribution in [2.24, 2.45) is 0 Å². The van der Waals surface area contributed by atoms with Crippen LogP contribution in [-0.4, -0.2) is 50.6 Å². The SMILES string of the molecule is C[NH+]1CC[NH+](CC(=O)Nc2ccc([N+](=O)[O-])cc2)CC1. The van der Waals surface area contributed by atoms with E-state index < -0.39 is 4.92 Å². The molecule has 0 aromatic heterocycles. The summed E-state index contributed by atoms with van der Waals surface area (Å²) in [5, 5.41) is 13.3. The second-order valence-electron chi connectivity index (χ2n) is 5.24. The highest BCUT2D eigenvalue weighted by molar-refractivity contribution is 5.91. The summed E-state index contributed by atoms with van der Waals surface area (Å²) in [5.74, 6) is -0.0478. The number of piperazine rings is 1. The molecule has 2 rings (SSSR count). The Morgan fingerprint density at radius 2 is 1.85 bits per heavy atom. The lowest BCUT2D eigenvalue weighted by Crippen LogP contribution is -3.27. The molecule has 0 saturated carbocycles. The summed E-state index contributed by atoms with van der Waals surface area (Å²) in [6, 6.07) is 5.89. The van der Waals surface area contributed by atoms with Crippen LogP contribution in [0.5, 0.6) is 0 Å². The second-order valence-corrected chi connectivity index (χ2v) is 5.24. The van der Waals surface area contributed by atoms with E-state index in [1.54, 1.807) is 12.1 Å². The fraction of sp³-hybridized carbons (Fsp3) is 0.462. The number of benzene rings is 1. The molecular formula is C13H20N4O3+2. The number of carbonyl (C=O) groups excluding carboxylic acids is 1. The second kappa shape index (κ2) is 6.44.